The van der Waals surface area contributed by atoms with Crippen LogP contribution in [0.2, 0.25) is 0 Å². The number of anilines is 3. The summed E-state index contributed by atoms with van der Waals surface area (Å²) in [5.74, 6) is 0. The van der Waals surface area contributed by atoms with Crippen molar-refractivity contribution < 1.29 is 4.79 Å². The lowest BCUT2D eigenvalue weighted by Crippen LogP contribution is -2.25. The Morgan fingerprint density at radius 3 is 2.86 bits per heavy atom. The molecule has 0 bridgehead atoms. The van der Waals surface area contributed by atoms with E-state index < -0.39 is 0 Å². The summed E-state index contributed by atoms with van der Waals surface area (Å²) in [6.07, 6.45) is 0.934. The average molecular weight is 303 g/mol. The highest BCUT2D eigenvalue weighted by molar-refractivity contribution is 7.15. The number of benzene rings is 1. The minimum atomic E-state index is -0.292. The van der Waals surface area contributed by atoms with Crippen molar-refractivity contribution in [3.8, 4) is 0 Å². The van der Waals surface area contributed by atoms with E-state index in [-0.39, 0.29) is 6.03 Å². The van der Waals surface area contributed by atoms with Crippen LogP contribution in [0.25, 0.3) is 0 Å². The fourth-order valence-electron chi connectivity index (χ4n) is 2.20. The molecule has 0 aliphatic carbocycles. The van der Waals surface area contributed by atoms with Gasteiger partial charge in [-0.3, -0.25) is 5.32 Å². The predicted octanol–water partition coefficient (Wildman–Crippen LogP) is 2.36. The van der Waals surface area contributed by atoms with Crippen LogP contribution in [-0.2, 0) is 13.0 Å². The molecular formula is C14H17N5OS. The van der Waals surface area contributed by atoms with E-state index in [9.17, 15) is 4.79 Å². The summed E-state index contributed by atoms with van der Waals surface area (Å²) in [7, 11) is 2.09. The van der Waals surface area contributed by atoms with E-state index in [1.165, 1.54) is 16.2 Å². The maximum absolute atomic E-state index is 11.9. The summed E-state index contributed by atoms with van der Waals surface area (Å²) in [5, 5.41) is 6.18. The van der Waals surface area contributed by atoms with Gasteiger partial charge in [-0.1, -0.05) is 0 Å². The average Bonchev–Trinajstić information content (AvgIpc) is 2.82. The lowest BCUT2D eigenvalue weighted by molar-refractivity contribution is 0.262. The van der Waals surface area contributed by atoms with Gasteiger partial charge in [0.25, 0.3) is 0 Å². The number of likely N-dealkylation sites (N-methyl/N-ethyl adjacent to an activating group) is 1. The van der Waals surface area contributed by atoms with Crippen molar-refractivity contribution in [3.05, 3.63) is 34.8 Å². The second kappa shape index (κ2) is 5.71. The van der Waals surface area contributed by atoms with E-state index in [1.807, 2.05) is 0 Å². The first-order chi connectivity index (χ1) is 10.1. The first-order valence-electron chi connectivity index (χ1n) is 6.71. The van der Waals surface area contributed by atoms with Crippen molar-refractivity contribution in [1.29, 1.82) is 0 Å². The summed E-state index contributed by atoms with van der Waals surface area (Å²) >= 11 is 1.54. The number of carbonyl (C=O) groups excluding carboxylic acids is 1. The second-order valence-electron chi connectivity index (χ2n) is 5.08. The largest absolute Gasteiger partial charge is 0.399 e. The summed E-state index contributed by atoms with van der Waals surface area (Å²) in [6, 6.07) is 6.72. The van der Waals surface area contributed by atoms with Crippen LogP contribution in [0, 0.1) is 0 Å². The zero-order valence-electron chi connectivity index (χ0n) is 11.7. The number of nitrogens with one attached hydrogen (secondary N) is 2. The Labute approximate surface area is 127 Å². The first kappa shape index (κ1) is 13.8. The normalized spacial score (nSPS) is 14.5. The molecule has 0 fully saturated rings. The molecule has 6 nitrogen and oxygen atoms in total. The summed E-state index contributed by atoms with van der Waals surface area (Å²) < 4.78 is 0. The number of hydrogen-bond acceptors (Lipinski definition) is 5. The highest BCUT2D eigenvalue weighted by atomic mass is 32.1. The van der Waals surface area contributed by atoms with Crippen molar-refractivity contribution in [2.75, 3.05) is 30.0 Å². The van der Waals surface area contributed by atoms with Crippen LogP contribution in [-0.4, -0.2) is 29.5 Å². The zero-order valence-corrected chi connectivity index (χ0v) is 12.5. The third-order valence-electron chi connectivity index (χ3n) is 3.31. The molecule has 0 saturated heterocycles. The fourth-order valence-corrected chi connectivity index (χ4v) is 3.29. The van der Waals surface area contributed by atoms with Crippen LogP contribution in [0.5, 0.6) is 0 Å². The molecule has 1 aliphatic rings. The van der Waals surface area contributed by atoms with Gasteiger partial charge in [0.15, 0.2) is 5.13 Å². The van der Waals surface area contributed by atoms with Crippen LogP contribution in [0.4, 0.5) is 21.3 Å². The van der Waals surface area contributed by atoms with Crippen LogP contribution >= 0.6 is 11.3 Å². The maximum Gasteiger partial charge on any atom is 0.325 e. The van der Waals surface area contributed by atoms with E-state index in [1.54, 1.807) is 24.3 Å². The Morgan fingerprint density at radius 2 is 2.10 bits per heavy atom. The van der Waals surface area contributed by atoms with E-state index in [4.69, 9.17) is 5.73 Å². The number of nitrogens with two attached hydrogens (primary N) is 1. The number of urea groups is 1. The van der Waals surface area contributed by atoms with Crippen LogP contribution < -0.4 is 16.4 Å². The van der Waals surface area contributed by atoms with Crippen LogP contribution in [0.15, 0.2) is 24.3 Å². The molecule has 0 unspecified atom stereocenters. The standard InChI is InChI=1S/C14H17N5OS/c1-19-7-6-11-12(8-19)21-14(17-11)18-13(20)16-10-4-2-9(15)3-5-10/h2-5H,6-8,15H2,1H3,(H2,16,17,18,20). The molecule has 0 spiro atoms. The van der Waals surface area contributed by atoms with Gasteiger partial charge in [-0.05, 0) is 31.3 Å². The van der Waals surface area contributed by atoms with E-state index in [2.05, 4.69) is 27.6 Å². The van der Waals surface area contributed by atoms with Gasteiger partial charge in [-0.15, -0.1) is 11.3 Å². The van der Waals surface area contributed by atoms with Gasteiger partial charge in [0, 0.05) is 35.8 Å². The summed E-state index contributed by atoms with van der Waals surface area (Å²) in [4.78, 5) is 19.9. The van der Waals surface area contributed by atoms with Gasteiger partial charge < -0.3 is 16.0 Å². The van der Waals surface area contributed by atoms with Gasteiger partial charge in [0.2, 0.25) is 0 Å². The van der Waals surface area contributed by atoms with Crippen molar-refractivity contribution >= 4 is 33.9 Å². The van der Waals surface area contributed by atoms with E-state index in [0.717, 1.165) is 25.2 Å². The lowest BCUT2D eigenvalue weighted by Gasteiger charge is -2.20. The van der Waals surface area contributed by atoms with Gasteiger partial charge >= 0.3 is 6.03 Å². The summed E-state index contributed by atoms with van der Waals surface area (Å²) in [6.45, 7) is 1.90. The minimum Gasteiger partial charge on any atom is -0.399 e. The lowest BCUT2D eigenvalue weighted by atomic mass is 10.2. The molecule has 2 aromatic rings. The third-order valence-corrected chi connectivity index (χ3v) is 4.31. The quantitative estimate of drug-likeness (QED) is 0.744. The predicted molar refractivity (Wildman–Crippen MR) is 85.6 cm³/mol. The van der Waals surface area contributed by atoms with Gasteiger partial charge in [0.1, 0.15) is 0 Å². The number of rotatable bonds is 2. The molecule has 2 heterocycles. The molecule has 0 radical (unpaired) electrons. The molecule has 110 valence electrons. The molecule has 4 N–H and O–H groups in total. The maximum atomic E-state index is 11.9. The van der Waals surface area contributed by atoms with E-state index in [0.29, 0.717) is 16.5 Å². The van der Waals surface area contributed by atoms with Gasteiger partial charge in [-0.2, -0.15) is 0 Å². The number of nitrogen functional groups attached to an aromatic ring is 1. The second-order valence-corrected chi connectivity index (χ2v) is 6.16. The zero-order chi connectivity index (χ0) is 14.8. The van der Waals surface area contributed by atoms with Crippen LogP contribution in [0.3, 0.4) is 0 Å². The number of thiazole rings is 1. The van der Waals surface area contributed by atoms with Crippen LogP contribution in [0.1, 0.15) is 10.6 Å². The third kappa shape index (κ3) is 3.32. The Kier molecular flexibility index (Phi) is 3.76. The number of carbonyl (C=O) groups is 1. The number of fused-ring (bicyclic) bond motifs is 1. The Morgan fingerprint density at radius 1 is 1.33 bits per heavy atom. The molecule has 2 amide bonds. The van der Waals surface area contributed by atoms with E-state index >= 15 is 0 Å². The Balaban J connectivity index is 1.64. The van der Waals surface area contributed by atoms with Crippen molar-refractivity contribution in [1.82, 2.24) is 9.88 Å². The first-order valence-corrected chi connectivity index (χ1v) is 7.52. The molecule has 7 heteroatoms. The summed E-state index contributed by atoms with van der Waals surface area (Å²) in [5.41, 5.74) is 8.07. The molecular weight excluding hydrogens is 286 g/mol. The molecule has 0 saturated carbocycles. The molecule has 1 aliphatic heterocycles. The molecule has 1 aromatic heterocycles. The van der Waals surface area contributed by atoms with Crippen molar-refractivity contribution in [2.24, 2.45) is 0 Å². The molecule has 0 atom stereocenters. The number of hydrogen-bond donors (Lipinski definition) is 3. The monoisotopic (exact) mass is 303 g/mol. The topological polar surface area (TPSA) is 83.3 Å². The van der Waals surface area contributed by atoms with Crippen molar-refractivity contribution in [2.45, 2.75) is 13.0 Å². The Bertz CT molecular complexity index is 652. The fraction of sp³-hybridized carbons (Fsp3) is 0.286. The minimum absolute atomic E-state index is 0.292. The Hall–Kier alpha value is -2.12. The molecule has 1 aromatic carbocycles. The SMILES string of the molecule is CN1CCc2nc(NC(=O)Nc3ccc(N)cc3)sc2C1. The van der Waals surface area contributed by atoms with Gasteiger partial charge in [0.05, 0.1) is 5.69 Å². The van der Waals surface area contributed by atoms with Gasteiger partial charge in [-0.25, -0.2) is 9.78 Å². The number of nitrogens with zero attached hydrogens (tertiary/aromatic N) is 2. The highest BCUT2D eigenvalue weighted by Gasteiger charge is 2.19. The number of amides is 2. The number of aromatic nitrogens is 1. The molecule has 21 heavy (non-hydrogen) atoms. The molecule has 3 rings (SSSR count). The highest BCUT2D eigenvalue weighted by Crippen LogP contribution is 2.27. The van der Waals surface area contributed by atoms with Crippen molar-refractivity contribution in [3.63, 3.8) is 0 Å². The smallest absolute Gasteiger partial charge is 0.325 e.